The van der Waals surface area contributed by atoms with Crippen molar-refractivity contribution >= 4 is 17.6 Å². The Morgan fingerprint density at radius 3 is 2.32 bits per heavy atom. The number of hydrogen-bond donors (Lipinski definition) is 1. The molecule has 0 saturated carbocycles. The first kappa shape index (κ1) is 19.2. The van der Waals surface area contributed by atoms with Crippen LogP contribution in [-0.4, -0.2) is 25.1 Å². The summed E-state index contributed by atoms with van der Waals surface area (Å²) in [4.78, 5) is 24.4. The summed E-state index contributed by atoms with van der Waals surface area (Å²) >= 11 is 0. The van der Waals surface area contributed by atoms with E-state index >= 15 is 0 Å². The number of carbonyl (C=O) groups is 2. The Balaban J connectivity index is 1.69. The predicted octanol–water partition coefficient (Wildman–Crippen LogP) is 4.55. The van der Waals surface area contributed by atoms with Crippen LogP contribution in [0.15, 0.2) is 78.9 Å². The lowest BCUT2D eigenvalue weighted by molar-refractivity contribution is -0.118. The van der Waals surface area contributed by atoms with Gasteiger partial charge in [-0.15, -0.1) is 0 Å². The highest BCUT2D eigenvalue weighted by molar-refractivity contribution is 6.01. The van der Waals surface area contributed by atoms with E-state index in [1.807, 2.05) is 54.6 Å². The SMILES string of the molecule is CCOC(=O)c1ccccc1NC(=O)COc1ccccc1-c1ccccc1. The van der Waals surface area contributed by atoms with Gasteiger partial charge in [0.2, 0.25) is 0 Å². The zero-order chi connectivity index (χ0) is 19.8. The molecule has 5 heteroatoms. The number of amides is 1. The van der Waals surface area contributed by atoms with Gasteiger partial charge >= 0.3 is 5.97 Å². The summed E-state index contributed by atoms with van der Waals surface area (Å²) in [5.74, 6) is -0.226. The molecule has 3 aromatic rings. The first-order chi connectivity index (χ1) is 13.7. The number of benzene rings is 3. The van der Waals surface area contributed by atoms with Crippen molar-refractivity contribution in [3.05, 3.63) is 84.4 Å². The Morgan fingerprint density at radius 2 is 1.54 bits per heavy atom. The molecule has 0 aromatic heterocycles. The van der Waals surface area contributed by atoms with Gasteiger partial charge in [0.15, 0.2) is 6.61 Å². The van der Waals surface area contributed by atoms with Crippen LogP contribution >= 0.6 is 0 Å². The zero-order valence-corrected chi connectivity index (χ0v) is 15.6. The molecule has 5 nitrogen and oxygen atoms in total. The highest BCUT2D eigenvalue weighted by Gasteiger charge is 2.14. The molecule has 0 spiro atoms. The first-order valence-electron chi connectivity index (χ1n) is 9.02. The molecule has 142 valence electrons. The number of para-hydroxylation sites is 2. The average molecular weight is 375 g/mol. The van der Waals surface area contributed by atoms with Gasteiger partial charge in [-0.05, 0) is 30.7 Å². The van der Waals surface area contributed by atoms with Gasteiger partial charge in [-0.25, -0.2) is 4.79 Å². The summed E-state index contributed by atoms with van der Waals surface area (Å²) in [6, 6.07) is 24.1. The maximum atomic E-state index is 12.4. The third kappa shape index (κ3) is 4.76. The number of anilines is 1. The minimum atomic E-state index is -0.478. The molecule has 0 heterocycles. The molecule has 0 fully saturated rings. The van der Waals surface area contributed by atoms with Gasteiger partial charge in [-0.1, -0.05) is 60.7 Å². The van der Waals surface area contributed by atoms with E-state index in [1.54, 1.807) is 31.2 Å². The summed E-state index contributed by atoms with van der Waals surface area (Å²) in [5.41, 5.74) is 2.61. The molecule has 0 aliphatic carbocycles. The minimum Gasteiger partial charge on any atom is -0.483 e. The van der Waals surface area contributed by atoms with Crippen molar-refractivity contribution in [3.8, 4) is 16.9 Å². The molecular weight excluding hydrogens is 354 g/mol. The molecule has 28 heavy (non-hydrogen) atoms. The fourth-order valence-electron chi connectivity index (χ4n) is 2.76. The molecule has 0 bridgehead atoms. The summed E-state index contributed by atoms with van der Waals surface area (Å²) in [6.07, 6.45) is 0. The van der Waals surface area contributed by atoms with Crippen LogP contribution in [0.25, 0.3) is 11.1 Å². The van der Waals surface area contributed by atoms with Crippen LogP contribution in [0.5, 0.6) is 5.75 Å². The number of ether oxygens (including phenoxy) is 2. The number of esters is 1. The molecule has 1 amide bonds. The molecule has 0 aliphatic rings. The Bertz CT molecular complexity index is 954. The molecule has 0 radical (unpaired) electrons. The maximum absolute atomic E-state index is 12.4. The number of carbonyl (C=O) groups excluding carboxylic acids is 2. The molecule has 3 rings (SSSR count). The number of hydrogen-bond acceptors (Lipinski definition) is 4. The van der Waals surface area contributed by atoms with Gasteiger partial charge in [0, 0.05) is 5.56 Å². The fourth-order valence-corrected chi connectivity index (χ4v) is 2.76. The van der Waals surface area contributed by atoms with E-state index in [9.17, 15) is 9.59 Å². The van der Waals surface area contributed by atoms with Crippen molar-refractivity contribution in [2.45, 2.75) is 6.92 Å². The lowest BCUT2D eigenvalue weighted by Crippen LogP contribution is -2.22. The quantitative estimate of drug-likeness (QED) is 0.616. The molecule has 0 atom stereocenters. The lowest BCUT2D eigenvalue weighted by Gasteiger charge is -2.13. The maximum Gasteiger partial charge on any atom is 0.340 e. The summed E-state index contributed by atoms with van der Waals surface area (Å²) in [6.45, 7) is 1.82. The van der Waals surface area contributed by atoms with Crippen LogP contribution in [0, 0.1) is 0 Å². The second-order valence-electron chi connectivity index (χ2n) is 5.97. The number of nitrogens with one attached hydrogen (secondary N) is 1. The predicted molar refractivity (Wildman–Crippen MR) is 108 cm³/mol. The van der Waals surface area contributed by atoms with E-state index in [0.717, 1.165) is 11.1 Å². The van der Waals surface area contributed by atoms with Crippen molar-refractivity contribution in [1.82, 2.24) is 0 Å². The lowest BCUT2D eigenvalue weighted by atomic mass is 10.1. The van der Waals surface area contributed by atoms with E-state index in [2.05, 4.69) is 5.32 Å². The van der Waals surface area contributed by atoms with Crippen LogP contribution in [0.3, 0.4) is 0 Å². The number of rotatable bonds is 7. The zero-order valence-electron chi connectivity index (χ0n) is 15.6. The van der Waals surface area contributed by atoms with E-state index < -0.39 is 5.97 Å². The standard InChI is InChI=1S/C23H21NO4/c1-2-27-23(26)19-13-6-8-14-20(19)24-22(25)16-28-21-15-9-7-12-18(21)17-10-4-3-5-11-17/h3-15H,2,16H2,1H3,(H,24,25). The minimum absolute atomic E-state index is 0.180. The van der Waals surface area contributed by atoms with Gasteiger partial charge in [-0.3, -0.25) is 4.79 Å². The van der Waals surface area contributed by atoms with Crippen molar-refractivity contribution in [2.75, 3.05) is 18.5 Å². The smallest absolute Gasteiger partial charge is 0.340 e. The van der Waals surface area contributed by atoms with Crippen LogP contribution in [0.2, 0.25) is 0 Å². The van der Waals surface area contributed by atoms with Gasteiger partial charge in [-0.2, -0.15) is 0 Å². The van der Waals surface area contributed by atoms with Gasteiger partial charge in [0.05, 0.1) is 17.9 Å². The Hall–Kier alpha value is -3.60. The largest absolute Gasteiger partial charge is 0.483 e. The van der Waals surface area contributed by atoms with Crippen LogP contribution in [0.4, 0.5) is 5.69 Å². The Morgan fingerprint density at radius 1 is 0.857 bits per heavy atom. The van der Waals surface area contributed by atoms with Gasteiger partial charge < -0.3 is 14.8 Å². The van der Waals surface area contributed by atoms with Crippen molar-refractivity contribution in [1.29, 1.82) is 0 Å². The second-order valence-corrected chi connectivity index (χ2v) is 5.97. The monoisotopic (exact) mass is 375 g/mol. The first-order valence-corrected chi connectivity index (χ1v) is 9.02. The van der Waals surface area contributed by atoms with E-state index in [-0.39, 0.29) is 19.1 Å². The fraction of sp³-hybridized carbons (Fsp3) is 0.130. The topological polar surface area (TPSA) is 64.6 Å². The van der Waals surface area contributed by atoms with Crippen LogP contribution in [0.1, 0.15) is 17.3 Å². The van der Waals surface area contributed by atoms with Crippen LogP contribution in [-0.2, 0) is 9.53 Å². The molecule has 0 saturated heterocycles. The third-order valence-electron chi connectivity index (χ3n) is 4.03. The van der Waals surface area contributed by atoms with E-state index in [1.165, 1.54) is 0 Å². The summed E-state index contributed by atoms with van der Waals surface area (Å²) in [5, 5.41) is 2.71. The molecule has 1 N–H and O–H groups in total. The molecule has 3 aromatic carbocycles. The third-order valence-corrected chi connectivity index (χ3v) is 4.03. The highest BCUT2D eigenvalue weighted by Crippen LogP contribution is 2.29. The van der Waals surface area contributed by atoms with Crippen molar-refractivity contribution in [3.63, 3.8) is 0 Å². The van der Waals surface area contributed by atoms with E-state index in [0.29, 0.717) is 17.0 Å². The summed E-state index contributed by atoms with van der Waals surface area (Å²) < 4.78 is 10.8. The van der Waals surface area contributed by atoms with Gasteiger partial charge in [0.1, 0.15) is 5.75 Å². The Labute approximate surface area is 163 Å². The van der Waals surface area contributed by atoms with Crippen LogP contribution < -0.4 is 10.1 Å². The molecule has 0 aliphatic heterocycles. The second kappa shape index (κ2) is 9.37. The van der Waals surface area contributed by atoms with E-state index in [4.69, 9.17) is 9.47 Å². The average Bonchev–Trinajstić information content (AvgIpc) is 2.73. The van der Waals surface area contributed by atoms with Crippen molar-refractivity contribution in [2.24, 2.45) is 0 Å². The Kier molecular flexibility index (Phi) is 6.41. The van der Waals surface area contributed by atoms with Gasteiger partial charge in [0.25, 0.3) is 5.91 Å². The summed E-state index contributed by atoms with van der Waals surface area (Å²) in [7, 11) is 0. The highest BCUT2D eigenvalue weighted by atomic mass is 16.5. The molecule has 0 unspecified atom stereocenters. The molecular formula is C23H21NO4. The van der Waals surface area contributed by atoms with Crippen molar-refractivity contribution < 1.29 is 19.1 Å². The normalized spacial score (nSPS) is 10.2.